The molecule has 0 saturated carbocycles. The van der Waals surface area contributed by atoms with E-state index in [-0.39, 0.29) is 11.7 Å². The Kier molecular flexibility index (Phi) is 4.73. The van der Waals surface area contributed by atoms with Crippen molar-refractivity contribution >= 4 is 34.1 Å². The van der Waals surface area contributed by atoms with Crippen LogP contribution in [0, 0.1) is 5.82 Å². The zero-order valence-corrected chi connectivity index (χ0v) is 13.9. The van der Waals surface area contributed by atoms with E-state index < -0.39 is 0 Å². The molecule has 3 aromatic rings. The third-order valence-electron chi connectivity index (χ3n) is 3.22. The SMILES string of the molecule is CSc1ccccc1C(=O)Nc1nc(-c2ccc(F)cc2)cs1. The summed E-state index contributed by atoms with van der Waals surface area (Å²) in [5, 5.41) is 5.17. The minimum absolute atomic E-state index is 0.185. The Labute approximate surface area is 141 Å². The fourth-order valence-corrected chi connectivity index (χ4v) is 3.39. The molecule has 2 aromatic carbocycles. The summed E-state index contributed by atoms with van der Waals surface area (Å²) in [5.74, 6) is -0.471. The highest BCUT2D eigenvalue weighted by Crippen LogP contribution is 2.26. The van der Waals surface area contributed by atoms with Crippen LogP contribution in [0.5, 0.6) is 0 Å². The summed E-state index contributed by atoms with van der Waals surface area (Å²) < 4.78 is 13.0. The maximum atomic E-state index is 13.0. The Morgan fingerprint density at radius 2 is 1.91 bits per heavy atom. The molecule has 0 spiro atoms. The van der Waals surface area contributed by atoms with Crippen LogP contribution >= 0.6 is 23.1 Å². The van der Waals surface area contributed by atoms with Crippen LogP contribution in [0.3, 0.4) is 0 Å². The molecule has 116 valence electrons. The van der Waals surface area contributed by atoms with E-state index in [0.717, 1.165) is 10.5 Å². The van der Waals surface area contributed by atoms with E-state index in [2.05, 4.69) is 10.3 Å². The maximum Gasteiger partial charge on any atom is 0.258 e. The smallest absolute Gasteiger partial charge is 0.258 e. The van der Waals surface area contributed by atoms with E-state index >= 15 is 0 Å². The Balaban J connectivity index is 1.79. The quantitative estimate of drug-likeness (QED) is 0.683. The average Bonchev–Trinajstić information content (AvgIpc) is 3.04. The van der Waals surface area contributed by atoms with Crippen LogP contribution in [0.15, 0.2) is 58.8 Å². The van der Waals surface area contributed by atoms with Gasteiger partial charge >= 0.3 is 0 Å². The minimum atomic E-state index is -0.286. The van der Waals surface area contributed by atoms with E-state index in [1.54, 1.807) is 18.2 Å². The van der Waals surface area contributed by atoms with Crippen molar-refractivity contribution in [3.63, 3.8) is 0 Å². The Morgan fingerprint density at radius 3 is 2.65 bits per heavy atom. The van der Waals surface area contributed by atoms with Gasteiger partial charge in [0.05, 0.1) is 11.3 Å². The summed E-state index contributed by atoms with van der Waals surface area (Å²) in [5.41, 5.74) is 2.15. The lowest BCUT2D eigenvalue weighted by molar-refractivity contribution is 0.102. The van der Waals surface area contributed by atoms with Gasteiger partial charge in [0.25, 0.3) is 5.91 Å². The number of rotatable bonds is 4. The first kappa shape index (κ1) is 15.7. The van der Waals surface area contributed by atoms with E-state index in [1.165, 1.54) is 35.2 Å². The molecular weight excluding hydrogens is 331 g/mol. The number of carbonyl (C=O) groups excluding carboxylic acids is 1. The Morgan fingerprint density at radius 1 is 1.17 bits per heavy atom. The number of hydrogen-bond donors (Lipinski definition) is 1. The number of halogens is 1. The van der Waals surface area contributed by atoms with Crippen LogP contribution in [-0.4, -0.2) is 17.1 Å². The van der Waals surface area contributed by atoms with Crippen LogP contribution in [-0.2, 0) is 0 Å². The molecule has 0 bridgehead atoms. The van der Waals surface area contributed by atoms with Crippen LogP contribution in [0.1, 0.15) is 10.4 Å². The monoisotopic (exact) mass is 344 g/mol. The third kappa shape index (κ3) is 3.60. The number of carbonyl (C=O) groups is 1. The standard InChI is InChI=1S/C17H13FN2OS2/c1-22-15-5-3-2-4-13(15)16(21)20-17-19-14(10-23-17)11-6-8-12(18)9-7-11/h2-10H,1H3,(H,19,20,21). The molecule has 1 aromatic heterocycles. The van der Waals surface area contributed by atoms with Crippen molar-refractivity contribution in [2.45, 2.75) is 4.90 Å². The number of thioether (sulfide) groups is 1. The van der Waals surface area contributed by atoms with Gasteiger partial charge in [0.1, 0.15) is 5.82 Å². The molecule has 1 heterocycles. The van der Waals surface area contributed by atoms with Gasteiger partial charge in [0, 0.05) is 15.8 Å². The predicted molar refractivity (Wildman–Crippen MR) is 93.7 cm³/mol. The molecule has 3 nitrogen and oxygen atoms in total. The molecule has 0 unspecified atom stereocenters. The number of benzene rings is 2. The van der Waals surface area contributed by atoms with Crippen molar-refractivity contribution in [2.75, 3.05) is 11.6 Å². The van der Waals surface area contributed by atoms with Gasteiger partial charge < -0.3 is 0 Å². The maximum absolute atomic E-state index is 13.0. The first-order valence-electron chi connectivity index (χ1n) is 6.83. The van der Waals surface area contributed by atoms with Crippen LogP contribution in [0.25, 0.3) is 11.3 Å². The molecule has 1 amide bonds. The summed E-state index contributed by atoms with van der Waals surface area (Å²) in [7, 11) is 0. The van der Waals surface area contributed by atoms with Gasteiger partial charge in [-0.2, -0.15) is 0 Å². The second-order valence-corrected chi connectivity index (χ2v) is 6.41. The summed E-state index contributed by atoms with van der Waals surface area (Å²) in [4.78, 5) is 17.7. The lowest BCUT2D eigenvalue weighted by atomic mass is 10.2. The van der Waals surface area contributed by atoms with Gasteiger partial charge in [0.15, 0.2) is 5.13 Å². The molecule has 23 heavy (non-hydrogen) atoms. The minimum Gasteiger partial charge on any atom is -0.298 e. The van der Waals surface area contributed by atoms with Crippen molar-refractivity contribution in [1.82, 2.24) is 4.98 Å². The lowest BCUT2D eigenvalue weighted by Crippen LogP contribution is -2.12. The number of nitrogens with zero attached hydrogens (tertiary/aromatic N) is 1. The molecule has 0 fully saturated rings. The Bertz CT molecular complexity index is 831. The van der Waals surface area contributed by atoms with Gasteiger partial charge in [-0.15, -0.1) is 23.1 Å². The molecule has 0 saturated heterocycles. The van der Waals surface area contributed by atoms with Gasteiger partial charge in [-0.05, 0) is 42.7 Å². The van der Waals surface area contributed by atoms with Crippen molar-refractivity contribution in [3.05, 3.63) is 65.3 Å². The fraction of sp³-hybridized carbons (Fsp3) is 0.0588. The molecular formula is C17H13FN2OS2. The number of hydrogen-bond acceptors (Lipinski definition) is 4. The van der Waals surface area contributed by atoms with E-state index in [9.17, 15) is 9.18 Å². The van der Waals surface area contributed by atoms with Crippen LogP contribution < -0.4 is 5.32 Å². The second-order valence-electron chi connectivity index (χ2n) is 4.70. The first-order valence-corrected chi connectivity index (χ1v) is 8.93. The highest BCUT2D eigenvalue weighted by molar-refractivity contribution is 7.98. The lowest BCUT2D eigenvalue weighted by Gasteiger charge is -2.06. The Hall–Kier alpha value is -2.18. The highest BCUT2D eigenvalue weighted by atomic mass is 32.2. The molecule has 0 atom stereocenters. The van der Waals surface area contributed by atoms with Crippen LogP contribution in [0.4, 0.5) is 9.52 Å². The fourth-order valence-electron chi connectivity index (χ4n) is 2.08. The summed E-state index contributed by atoms with van der Waals surface area (Å²) in [6.07, 6.45) is 1.93. The summed E-state index contributed by atoms with van der Waals surface area (Å²) in [6, 6.07) is 13.5. The molecule has 6 heteroatoms. The number of anilines is 1. The number of nitrogens with one attached hydrogen (secondary N) is 1. The van der Waals surface area contributed by atoms with Crippen molar-refractivity contribution in [1.29, 1.82) is 0 Å². The van der Waals surface area contributed by atoms with Gasteiger partial charge in [-0.3, -0.25) is 10.1 Å². The third-order valence-corrected chi connectivity index (χ3v) is 4.77. The normalized spacial score (nSPS) is 10.5. The van der Waals surface area contributed by atoms with Crippen molar-refractivity contribution < 1.29 is 9.18 Å². The highest BCUT2D eigenvalue weighted by Gasteiger charge is 2.13. The second kappa shape index (κ2) is 6.93. The molecule has 3 rings (SSSR count). The average molecular weight is 344 g/mol. The number of aromatic nitrogens is 1. The largest absolute Gasteiger partial charge is 0.298 e. The van der Waals surface area contributed by atoms with Crippen molar-refractivity contribution in [2.24, 2.45) is 0 Å². The van der Waals surface area contributed by atoms with Crippen molar-refractivity contribution in [3.8, 4) is 11.3 Å². The van der Waals surface area contributed by atoms with E-state index in [1.807, 2.05) is 29.8 Å². The zero-order valence-electron chi connectivity index (χ0n) is 12.2. The van der Waals surface area contributed by atoms with E-state index in [4.69, 9.17) is 0 Å². The van der Waals surface area contributed by atoms with Crippen LogP contribution in [0.2, 0.25) is 0 Å². The topological polar surface area (TPSA) is 42.0 Å². The van der Waals surface area contributed by atoms with Gasteiger partial charge in [-0.1, -0.05) is 12.1 Å². The molecule has 1 N–H and O–H groups in total. The summed E-state index contributed by atoms with van der Waals surface area (Å²) in [6.45, 7) is 0. The molecule has 0 aliphatic rings. The predicted octanol–water partition coefficient (Wildman–Crippen LogP) is 4.92. The van der Waals surface area contributed by atoms with E-state index in [0.29, 0.717) is 16.4 Å². The van der Waals surface area contributed by atoms with Gasteiger partial charge in [0.2, 0.25) is 0 Å². The molecule has 0 aliphatic carbocycles. The molecule has 0 aliphatic heterocycles. The summed E-state index contributed by atoms with van der Waals surface area (Å²) >= 11 is 2.87. The number of thiazole rings is 1. The zero-order chi connectivity index (χ0) is 16.2. The number of amides is 1. The van der Waals surface area contributed by atoms with Gasteiger partial charge in [-0.25, -0.2) is 9.37 Å². The molecule has 0 radical (unpaired) electrons. The first-order chi connectivity index (χ1) is 11.2.